The van der Waals surface area contributed by atoms with Gasteiger partial charge in [-0.2, -0.15) is 5.10 Å². The molecule has 1 fully saturated rings. The van der Waals surface area contributed by atoms with Gasteiger partial charge in [-0.25, -0.2) is 4.39 Å². The van der Waals surface area contributed by atoms with Gasteiger partial charge in [-0.3, -0.25) is 4.98 Å². The summed E-state index contributed by atoms with van der Waals surface area (Å²) in [6.45, 7) is 0. The molecule has 0 amide bonds. The van der Waals surface area contributed by atoms with Gasteiger partial charge in [-0.1, -0.05) is 25.0 Å². The van der Waals surface area contributed by atoms with E-state index in [9.17, 15) is 4.39 Å². The summed E-state index contributed by atoms with van der Waals surface area (Å²) >= 11 is 0. The number of benzene rings is 1. The highest BCUT2D eigenvalue weighted by molar-refractivity contribution is 6.06. The van der Waals surface area contributed by atoms with Gasteiger partial charge in [0.05, 0.1) is 17.7 Å². The van der Waals surface area contributed by atoms with E-state index in [0.29, 0.717) is 0 Å². The summed E-state index contributed by atoms with van der Waals surface area (Å²) in [5.41, 5.74) is 12.8. The number of aromatic nitrogens is 1. The lowest BCUT2D eigenvalue weighted by Gasteiger charge is -2.35. The van der Waals surface area contributed by atoms with Crippen LogP contribution < -0.4 is 11.2 Å². The molecule has 1 aliphatic carbocycles. The number of nitrogens with one attached hydrogen (secondary N) is 1. The van der Waals surface area contributed by atoms with Gasteiger partial charge in [0.1, 0.15) is 5.82 Å². The van der Waals surface area contributed by atoms with Crippen molar-refractivity contribution in [2.24, 2.45) is 10.8 Å². The van der Waals surface area contributed by atoms with E-state index in [0.717, 1.165) is 42.5 Å². The fourth-order valence-corrected chi connectivity index (χ4v) is 4.03. The first-order valence-corrected chi connectivity index (χ1v) is 8.45. The monoisotopic (exact) mass is 324 g/mol. The van der Waals surface area contributed by atoms with Crippen LogP contribution in [0.15, 0.2) is 53.9 Å². The maximum Gasteiger partial charge on any atom is 0.123 e. The Morgan fingerprint density at radius 3 is 2.38 bits per heavy atom. The second-order valence-electron chi connectivity index (χ2n) is 6.81. The maximum absolute atomic E-state index is 13.3. The zero-order valence-corrected chi connectivity index (χ0v) is 13.5. The zero-order valence-electron chi connectivity index (χ0n) is 13.5. The van der Waals surface area contributed by atoms with E-state index in [1.54, 1.807) is 24.5 Å². The summed E-state index contributed by atoms with van der Waals surface area (Å²) in [5.74, 6) is -0.199. The van der Waals surface area contributed by atoms with Gasteiger partial charge in [0.25, 0.3) is 0 Å². The molecule has 0 radical (unpaired) electrons. The van der Waals surface area contributed by atoms with Gasteiger partial charge in [0, 0.05) is 17.9 Å². The van der Waals surface area contributed by atoms with Crippen LogP contribution in [-0.2, 0) is 0 Å². The average Bonchev–Trinajstić information content (AvgIpc) is 3.24. The molecule has 4 nitrogen and oxygen atoms in total. The van der Waals surface area contributed by atoms with Gasteiger partial charge in [-0.15, -0.1) is 0 Å². The molecule has 24 heavy (non-hydrogen) atoms. The van der Waals surface area contributed by atoms with E-state index < -0.39 is 0 Å². The number of nitrogens with two attached hydrogens (primary N) is 1. The Morgan fingerprint density at radius 2 is 1.71 bits per heavy atom. The van der Waals surface area contributed by atoms with Crippen LogP contribution in [0.1, 0.15) is 42.7 Å². The SMILES string of the molecule is NC1(C2NN=C(c3ccc(F)cc3)C2c2ccncc2)CCCC1. The molecule has 2 aliphatic rings. The number of halogens is 1. The van der Waals surface area contributed by atoms with Crippen molar-refractivity contribution in [1.82, 2.24) is 10.4 Å². The zero-order chi connectivity index (χ0) is 16.6. The van der Waals surface area contributed by atoms with Crippen LogP contribution in [0.4, 0.5) is 4.39 Å². The molecular formula is C19H21FN4. The molecule has 5 heteroatoms. The number of hydrogen-bond donors (Lipinski definition) is 2. The molecule has 2 unspecified atom stereocenters. The molecule has 3 N–H and O–H groups in total. The molecule has 0 saturated heterocycles. The smallest absolute Gasteiger partial charge is 0.123 e. The topological polar surface area (TPSA) is 63.3 Å². The normalized spacial score (nSPS) is 25.3. The highest BCUT2D eigenvalue weighted by Gasteiger charge is 2.47. The third kappa shape index (κ3) is 2.59. The van der Waals surface area contributed by atoms with Crippen LogP contribution >= 0.6 is 0 Å². The molecule has 2 atom stereocenters. The highest BCUT2D eigenvalue weighted by atomic mass is 19.1. The second-order valence-corrected chi connectivity index (χ2v) is 6.81. The van der Waals surface area contributed by atoms with Crippen molar-refractivity contribution in [2.45, 2.75) is 43.2 Å². The Morgan fingerprint density at radius 1 is 1.04 bits per heavy atom. The molecule has 4 rings (SSSR count). The molecule has 0 spiro atoms. The lowest BCUT2D eigenvalue weighted by atomic mass is 9.76. The number of nitrogens with zero attached hydrogens (tertiary/aromatic N) is 2. The van der Waals surface area contributed by atoms with Gasteiger partial charge in [0.15, 0.2) is 0 Å². The van der Waals surface area contributed by atoms with Crippen molar-refractivity contribution in [3.8, 4) is 0 Å². The van der Waals surface area contributed by atoms with E-state index in [1.807, 2.05) is 12.1 Å². The van der Waals surface area contributed by atoms with E-state index in [4.69, 9.17) is 5.73 Å². The van der Waals surface area contributed by atoms with Crippen LogP contribution in [0.2, 0.25) is 0 Å². The molecule has 2 aromatic rings. The van der Waals surface area contributed by atoms with Crippen molar-refractivity contribution < 1.29 is 4.39 Å². The first-order valence-electron chi connectivity index (χ1n) is 8.45. The maximum atomic E-state index is 13.3. The fraction of sp³-hybridized carbons (Fsp3) is 0.368. The molecule has 1 saturated carbocycles. The Hall–Kier alpha value is -2.27. The number of hydrazone groups is 1. The van der Waals surface area contributed by atoms with Gasteiger partial charge in [-0.05, 0) is 48.2 Å². The molecule has 1 aromatic carbocycles. The average molecular weight is 324 g/mol. The molecule has 124 valence electrons. The van der Waals surface area contributed by atoms with Crippen molar-refractivity contribution in [3.05, 3.63) is 65.7 Å². The van der Waals surface area contributed by atoms with Crippen LogP contribution in [0.5, 0.6) is 0 Å². The molecule has 1 aliphatic heterocycles. The van der Waals surface area contributed by atoms with E-state index >= 15 is 0 Å². The van der Waals surface area contributed by atoms with Crippen LogP contribution in [0.3, 0.4) is 0 Å². The predicted octanol–water partition coefficient (Wildman–Crippen LogP) is 2.95. The lowest BCUT2D eigenvalue weighted by molar-refractivity contribution is 0.305. The first-order chi connectivity index (χ1) is 11.7. The molecule has 0 bridgehead atoms. The third-order valence-electron chi connectivity index (χ3n) is 5.31. The molecule has 2 heterocycles. The van der Waals surface area contributed by atoms with Crippen LogP contribution in [0.25, 0.3) is 0 Å². The van der Waals surface area contributed by atoms with E-state index in [1.165, 1.54) is 12.1 Å². The predicted molar refractivity (Wildman–Crippen MR) is 92.2 cm³/mol. The Labute approximate surface area is 141 Å². The quantitative estimate of drug-likeness (QED) is 0.912. The fourth-order valence-electron chi connectivity index (χ4n) is 4.03. The standard InChI is InChI=1S/C19H21FN4/c20-15-5-3-14(4-6-15)17-16(13-7-11-22-12-8-13)18(24-23-17)19(21)9-1-2-10-19/h3-8,11-12,16,18,24H,1-2,9-10,21H2. The van der Waals surface area contributed by atoms with E-state index in [-0.39, 0.29) is 23.3 Å². The summed E-state index contributed by atoms with van der Waals surface area (Å²) in [6, 6.07) is 10.6. The molecular weight excluding hydrogens is 303 g/mol. The number of hydrogen-bond acceptors (Lipinski definition) is 4. The second kappa shape index (κ2) is 5.98. The minimum atomic E-state index is -0.265. The number of pyridine rings is 1. The van der Waals surface area contributed by atoms with Crippen molar-refractivity contribution in [1.29, 1.82) is 0 Å². The Balaban J connectivity index is 1.75. The lowest BCUT2D eigenvalue weighted by Crippen LogP contribution is -2.55. The van der Waals surface area contributed by atoms with Crippen molar-refractivity contribution in [2.75, 3.05) is 0 Å². The first kappa shape index (κ1) is 15.3. The molecule has 1 aromatic heterocycles. The van der Waals surface area contributed by atoms with Crippen LogP contribution in [0, 0.1) is 5.82 Å². The Kier molecular flexibility index (Phi) is 3.81. The summed E-state index contributed by atoms with van der Waals surface area (Å²) in [7, 11) is 0. The van der Waals surface area contributed by atoms with Crippen molar-refractivity contribution in [3.63, 3.8) is 0 Å². The third-order valence-corrected chi connectivity index (χ3v) is 5.31. The van der Waals surface area contributed by atoms with E-state index in [2.05, 4.69) is 15.5 Å². The van der Waals surface area contributed by atoms with Crippen molar-refractivity contribution >= 4 is 5.71 Å². The Bertz CT molecular complexity index is 736. The summed E-state index contributed by atoms with van der Waals surface area (Å²) in [4.78, 5) is 4.12. The van der Waals surface area contributed by atoms with Crippen LogP contribution in [-0.4, -0.2) is 22.3 Å². The highest BCUT2D eigenvalue weighted by Crippen LogP contribution is 2.40. The number of rotatable bonds is 3. The summed E-state index contributed by atoms with van der Waals surface area (Å²) < 4.78 is 13.3. The minimum absolute atomic E-state index is 0.0431. The largest absolute Gasteiger partial charge is 0.323 e. The summed E-state index contributed by atoms with van der Waals surface area (Å²) in [5, 5.41) is 4.61. The van der Waals surface area contributed by atoms with Gasteiger partial charge >= 0.3 is 0 Å². The van der Waals surface area contributed by atoms with Gasteiger partial charge in [0.2, 0.25) is 0 Å². The minimum Gasteiger partial charge on any atom is -0.323 e. The summed E-state index contributed by atoms with van der Waals surface area (Å²) in [6.07, 6.45) is 7.90. The van der Waals surface area contributed by atoms with Gasteiger partial charge < -0.3 is 11.2 Å².